The maximum Gasteiger partial charge on any atom is 0.0999 e. The second-order valence-corrected chi connectivity index (χ2v) is 7.52. The summed E-state index contributed by atoms with van der Waals surface area (Å²) in [5.74, 6) is 1.69. The van der Waals surface area contributed by atoms with Gasteiger partial charge in [0.2, 0.25) is 0 Å². The fourth-order valence-electron chi connectivity index (χ4n) is 3.80. The zero-order valence-corrected chi connectivity index (χ0v) is 14.2. The molecule has 3 atom stereocenters. The van der Waals surface area contributed by atoms with E-state index in [1.807, 2.05) is 24.3 Å². The van der Waals surface area contributed by atoms with Crippen molar-refractivity contribution in [2.45, 2.75) is 39.2 Å². The highest BCUT2D eigenvalue weighted by Gasteiger charge is 2.31. The van der Waals surface area contributed by atoms with Crippen molar-refractivity contribution in [3.05, 3.63) is 40.5 Å². The van der Waals surface area contributed by atoms with Crippen LogP contribution in [0.2, 0.25) is 0 Å². The van der Waals surface area contributed by atoms with Gasteiger partial charge in [0.25, 0.3) is 0 Å². The van der Waals surface area contributed by atoms with Crippen LogP contribution in [0.15, 0.2) is 34.8 Å². The molecule has 0 bridgehead atoms. The van der Waals surface area contributed by atoms with Gasteiger partial charge in [-0.15, -0.1) is 0 Å². The summed E-state index contributed by atoms with van der Waals surface area (Å²) in [6.07, 6.45) is 2.98. The molecule has 0 radical (unpaired) electrons. The molecule has 3 heteroatoms. The fraction of sp³-hybridized carbons (Fsp3) is 0.500. The van der Waals surface area contributed by atoms with Crippen LogP contribution in [0, 0.1) is 17.8 Å². The molecule has 2 aromatic rings. The van der Waals surface area contributed by atoms with E-state index in [-0.39, 0.29) is 0 Å². The minimum absolute atomic E-state index is 0.314. The fourth-order valence-corrected chi connectivity index (χ4v) is 4.37. The maximum atomic E-state index is 10.8. The van der Waals surface area contributed by atoms with Crippen LogP contribution in [-0.2, 0) is 0 Å². The Labute approximate surface area is 134 Å². The number of hydrogen-bond donors (Lipinski definition) is 1. The first-order valence-electron chi connectivity index (χ1n) is 7.78. The van der Waals surface area contributed by atoms with Gasteiger partial charge in [-0.1, -0.05) is 32.0 Å². The van der Waals surface area contributed by atoms with Crippen LogP contribution in [0.3, 0.4) is 0 Å². The molecule has 3 unspecified atom stereocenters. The lowest BCUT2D eigenvalue weighted by molar-refractivity contribution is 0.0519. The Morgan fingerprint density at radius 2 is 1.81 bits per heavy atom. The van der Waals surface area contributed by atoms with E-state index in [4.69, 9.17) is 4.98 Å². The average Bonchev–Trinajstić information content (AvgIpc) is 2.44. The quantitative estimate of drug-likeness (QED) is 0.819. The molecule has 2 nitrogen and oxygen atoms in total. The molecule has 1 heterocycles. The first kappa shape index (κ1) is 15.0. The Morgan fingerprint density at radius 3 is 2.52 bits per heavy atom. The highest BCUT2D eigenvalue weighted by atomic mass is 79.9. The number of para-hydroxylation sites is 1. The summed E-state index contributed by atoms with van der Waals surface area (Å²) >= 11 is 3.59. The molecule has 0 aliphatic heterocycles. The second kappa shape index (κ2) is 6.05. The Bertz CT molecular complexity index is 632. The number of fused-ring (bicyclic) bond motifs is 1. The Morgan fingerprint density at radius 1 is 1.14 bits per heavy atom. The van der Waals surface area contributed by atoms with Gasteiger partial charge in [-0.3, -0.25) is 0 Å². The SMILES string of the molecule is CC1CC(C)CC(C(O)c2nc3ccccc3cc2Br)C1. The third-order valence-corrected chi connectivity index (χ3v) is 5.28. The zero-order valence-electron chi connectivity index (χ0n) is 12.6. The van der Waals surface area contributed by atoms with Crippen molar-refractivity contribution in [1.82, 2.24) is 4.98 Å². The van der Waals surface area contributed by atoms with Gasteiger partial charge >= 0.3 is 0 Å². The van der Waals surface area contributed by atoms with Gasteiger partial charge in [-0.05, 0) is 65.1 Å². The largest absolute Gasteiger partial charge is 0.386 e. The van der Waals surface area contributed by atoms with E-state index in [1.165, 1.54) is 6.42 Å². The van der Waals surface area contributed by atoms with Crippen LogP contribution in [0.1, 0.15) is 44.9 Å². The van der Waals surface area contributed by atoms with E-state index in [2.05, 4.69) is 35.8 Å². The number of hydrogen-bond acceptors (Lipinski definition) is 2. The molecule has 0 spiro atoms. The van der Waals surface area contributed by atoms with Crippen LogP contribution in [-0.4, -0.2) is 10.1 Å². The van der Waals surface area contributed by atoms with Crippen LogP contribution >= 0.6 is 15.9 Å². The van der Waals surface area contributed by atoms with Gasteiger partial charge in [-0.2, -0.15) is 0 Å². The second-order valence-electron chi connectivity index (χ2n) is 6.67. The number of aliphatic hydroxyl groups is 1. The van der Waals surface area contributed by atoms with Gasteiger partial charge in [-0.25, -0.2) is 4.98 Å². The molecule has 1 aromatic carbocycles. The van der Waals surface area contributed by atoms with Gasteiger partial charge < -0.3 is 5.11 Å². The van der Waals surface area contributed by atoms with Gasteiger partial charge in [0.05, 0.1) is 17.3 Å². The number of aliphatic hydroxyl groups excluding tert-OH is 1. The van der Waals surface area contributed by atoms with E-state index < -0.39 is 6.10 Å². The Hall–Kier alpha value is -0.930. The van der Waals surface area contributed by atoms with Crippen molar-refractivity contribution >= 4 is 26.8 Å². The van der Waals surface area contributed by atoms with Crippen molar-refractivity contribution in [2.24, 2.45) is 17.8 Å². The Kier molecular flexibility index (Phi) is 4.32. The zero-order chi connectivity index (χ0) is 15.0. The topological polar surface area (TPSA) is 33.1 Å². The lowest BCUT2D eigenvalue weighted by atomic mass is 9.74. The van der Waals surface area contributed by atoms with Crippen molar-refractivity contribution in [3.8, 4) is 0 Å². The molecule has 1 aromatic heterocycles. The maximum absolute atomic E-state index is 10.8. The number of benzene rings is 1. The Balaban J connectivity index is 1.93. The number of halogens is 1. The van der Waals surface area contributed by atoms with Crippen LogP contribution in [0.5, 0.6) is 0 Å². The molecular formula is C18H22BrNO. The van der Waals surface area contributed by atoms with E-state index in [9.17, 15) is 5.11 Å². The number of nitrogens with zero attached hydrogens (tertiary/aromatic N) is 1. The summed E-state index contributed by atoms with van der Waals surface area (Å²) in [5, 5.41) is 11.9. The molecule has 1 saturated carbocycles. The standard InChI is InChI=1S/C18H22BrNO/c1-11-7-12(2)9-14(8-11)18(21)17-15(19)10-13-5-3-4-6-16(13)20-17/h3-6,10-12,14,18,21H,7-9H2,1-2H3. The minimum Gasteiger partial charge on any atom is -0.386 e. The molecule has 1 fully saturated rings. The number of rotatable bonds is 2. The van der Waals surface area contributed by atoms with Gasteiger partial charge in [0, 0.05) is 9.86 Å². The molecule has 21 heavy (non-hydrogen) atoms. The first-order chi connectivity index (χ1) is 10.0. The first-order valence-corrected chi connectivity index (χ1v) is 8.57. The van der Waals surface area contributed by atoms with Crippen molar-refractivity contribution < 1.29 is 5.11 Å². The normalized spacial score (nSPS) is 27.7. The van der Waals surface area contributed by atoms with Gasteiger partial charge in [0.15, 0.2) is 0 Å². The third kappa shape index (κ3) is 3.14. The molecule has 0 saturated heterocycles. The molecular weight excluding hydrogens is 326 g/mol. The van der Waals surface area contributed by atoms with E-state index in [0.29, 0.717) is 17.8 Å². The molecule has 1 aliphatic carbocycles. The van der Waals surface area contributed by atoms with Crippen LogP contribution in [0.25, 0.3) is 10.9 Å². The molecule has 0 amide bonds. The molecule has 1 aliphatic rings. The molecule has 112 valence electrons. The minimum atomic E-state index is -0.478. The van der Waals surface area contributed by atoms with Crippen LogP contribution in [0.4, 0.5) is 0 Å². The molecule has 1 N–H and O–H groups in total. The summed E-state index contributed by atoms with van der Waals surface area (Å²) in [7, 11) is 0. The van der Waals surface area contributed by atoms with Crippen molar-refractivity contribution in [3.63, 3.8) is 0 Å². The van der Waals surface area contributed by atoms with E-state index in [1.54, 1.807) is 0 Å². The smallest absolute Gasteiger partial charge is 0.0999 e. The summed E-state index contributed by atoms with van der Waals surface area (Å²) in [5.41, 5.74) is 1.74. The summed E-state index contributed by atoms with van der Waals surface area (Å²) in [6, 6.07) is 10.1. The summed E-state index contributed by atoms with van der Waals surface area (Å²) in [6.45, 7) is 4.58. The summed E-state index contributed by atoms with van der Waals surface area (Å²) in [4.78, 5) is 4.70. The number of aromatic nitrogens is 1. The third-order valence-electron chi connectivity index (χ3n) is 4.65. The van der Waals surface area contributed by atoms with Crippen molar-refractivity contribution in [1.29, 1.82) is 0 Å². The average molecular weight is 348 g/mol. The predicted octanol–water partition coefficient (Wildman–Crippen LogP) is 5.10. The monoisotopic (exact) mass is 347 g/mol. The summed E-state index contributed by atoms with van der Waals surface area (Å²) < 4.78 is 0.916. The number of pyridine rings is 1. The van der Waals surface area contributed by atoms with Gasteiger partial charge in [0.1, 0.15) is 0 Å². The van der Waals surface area contributed by atoms with E-state index in [0.717, 1.165) is 33.9 Å². The highest BCUT2D eigenvalue weighted by Crippen LogP contribution is 2.41. The lowest BCUT2D eigenvalue weighted by Gasteiger charge is -2.34. The van der Waals surface area contributed by atoms with E-state index >= 15 is 0 Å². The van der Waals surface area contributed by atoms with Crippen LogP contribution < -0.4 is 0 Å². The predicted molar refractivity (Wildman–Crippen MR) is 90.1 cm³/mol. The lowest BCUT2D eigenvalue weighted by Crippen LogP contribution is -2.25. The highest BCUT2D eigenvalue weighted by molar-refractivity contribution is 9.10. The molecule has 3 rings (SSSR count). The van der Waals surface area contributed by atoms with Crippen molar-refractivity contribution in [2.75, 3.05) is 0 Å².